The van der Waals surface area contributed by atoms with Gasteiger partial charge in [-0.2, -0.15) is 0 Å². The quantitative estimate of drug-likeness (QED) is 0.815. The van der Waals surface area contributed by atoms with Crippen molar-refractivity contribution in [1.29, 1.82) is 0 Å². The fraction of sp³-hybridized carbons (Fsp3) is 0.625. The maximum absolute atomic E-state index is 3.73. The van der Waals surface area contributed by atoms with E-state index in [1.165, 1.54) is 37.8 Å². The zero-order valence-electron chi connectivity index (χ0n) is 11.2. The summed E-state index contributed by atoms with van der Waals surface area (Å²) < 4.78 is 0. The maximum Gasteiger partial charge on any atom is 0.0127 e. The van der Waals surface area contributed by atoms with E-state index in [0.29, 0.717) is 0 Å². The highest BCUT2D eigenvalue weighted by Gasteiger charge is 2.31. The van der Waals surface area contributed by atoms with Crippen molar-refractivity contribution in [3.63, 3.8) is 0 Å². The summed E-state index contributed by atoms with van der Waals surface area (Å²) in [5.74, 6) is 1.69. The van der Waals surface area contributed by atoms with Crippen LogP contribution in [0, 0.1) is 11.8 Å². The lowest BCUT2D eigenvalue weighted by Crippen LogP contribution is -2.35. The van der Waals surface area contributed by atoms with Crippen molar-refractivity contribution in [3.8, 4) is 0 Å². The van der Waals surface area contributed by atoms with Crippen molar-refractivity contribution >= 4 is 0 Å². The predicted molar refractivity (Wildman–Crippen MR) is 74.1 cm³/mol. The first kappa shape index (κ1) is 12.6. The van der Waals surface area contributed by atoms with Gasteiger partial charge >= 0.3 is 0 Å². The van der Waals surface area contributed by atoms with E-state index >= 15 is 0 Å². The molecule has 1 heterocycles. The van der Waals surface area contributed by atoms with Gasteiger partial charge in [-0.1, -0.05) is 57.0 Å². The van der Waals surface area contributed by atoms with Crippen molar-refractivity contribution in [1.82, 2.24) is 5.32 Å². The molecule has 1 nitrogen and oxygen atoms in total. The summed E-state index contributed by atoms with van der Waals surface area (Å²) in [5, 5.41) is 3.73. The molecule has 1 aliphatic rings. The molecule has 0 saturated carbocycles. The van der Waals surface area contributed by atoms with Crippen LogP contribution < -0.4 is 5.32 Å². The smallest absolute Gasteiger partial charge is 0.0127 e. The zero-order valence-corrected chi connectivity index (χ0v) is 11.2. The molecule has 1 aliphatic heterocycles. The van der Waals surface area contributed by atoms with Gasteiger partial charge in [0, 0.05) is 6.04 Å². The van der Waals surface area contributed by atoms with E-state index in [9.17, 15) is 0 Å². The summed E-state index contributed by atoms with van der Waals surface area (Å²) in [7, 11) is 0. The molecular weight excluding hydrogens is 206 g/mol. The molecule has 2 rings (SSSR count). The normalized spacial score (nSPS) is 24.4. The third-order valence-electron chi connectivity index (χ3n) is 4.30. The number of hydrogen-bond acceptors (Lipinski definition) is 1. The van der Waals surface area contributed by atoms with Crippen LogP contribution in [0.3, 0.4) is 0 Å². The van der Waals surface area contributed by atoms with Gasteiger partial charge < -0.3 is 5.32 Å². The van der Waals surface area contributed by atoms with Crippen LogP contribution in [-0.4, -0.2) is 12.6 Å². The van der Waals surface area contributed by atoms with Crippen molar-refractivity contribution in [2.24, 2.45) is 11.8 Å². The van der Waals surface area contributed by atoms with Gasteiger partial charge in [0.25, 0.3) is 0 Å². The molecule has 0 radical (unpaired) electrons. The second kappa shape index (κ2) is 6.20. The van der Waals surface area contributed by atoms with Crippen LogP contribution in [0.1, 0.15) is 38.7 Å². The molecule has 1 aromatic rings. The Labute approximate surface area is 106 Å². The predicted octanol–water partition coefficient (Wildman–Crippen LogP) is 3.64. The van der Waals surface area contributed by atoms with Gasteiger partial charge in [-0.05, 0) is 36.8 Å². The number of nitrogens with one attached hydrogen (secondary N) is 1. The first-order valence-electron chi connectivity index (χ1n) is 7.12. The molecule has 1 fully saturated rings. The van der Waals surface area contributed by atoms with Crippen molar-refractivity contribution < 1.29 is 0 Å². The summed E-state index contributed by atoms with van der Waals surface area (Å²) in [5.41, 5.74) is 1.50. The van der Waals surface area contributed by atoms with Crippen LogP contribution in [0.15, 0.2) is 30.3 Å². The molecule has 1 aromatic carbocycles. The van der Waals surface area contributed by atoms with Crippen LogP contribution in [0.25, 0.3) is 0 Å². The first-order chi connectivity index (χ1) is 8.35. The summed E-state index contributed by atoms with van der Waals surface area (Å²) in [6.45, 7) is 5.86. The van der Waals surface area contributed by atoms with Crippen molar-refractivity contribution in [2.45, 2.75) is 45.6 Å². The van der Waals surface area contributed by atoms with Crippen LogP contribution in [-0.2, 0) is 6.42 Å². The first-order valence-corrected chi connectivity index (χ1v) is 7.12. The molecule has 2 unspecified atom stereocenters. The molecule has 94 valence electrons. The van der Waals surface area contributed by atoms with E-state index in [1.807, 2.05) is 0 Å². The minimum absolute atomic E-state index is 0.741. The SMILES string of the molecule is CCC(CC)C1NCCC1Cc1ccccc1. The van der Waals surface area contributed by atoms with Gasteiger partial charge in [0.2, 0.25) is 0 Å². The Morgan fingerprint density at radius 2 is 1.88 bits per heavy atom. The summed E-state index contributed by atoms with van der Waals surface area (Å²) >= 11 is 0. The topological polar surface area (TPSA) is 12.0 Å². The molecule has 1 heteroatoms. The standard InChI is InChI=1S/C16H25N/c1-3-14(4-2)16-15(10-11-17-16)12-13-8-6-5-7-9-13/h5-9,14-17H,3-4,10-12H2,1-2H3. The van der Waals surface area contributed by atoms with Gasteiger partial charge in [0.15, 0.2) is 0 Å². The number of benzene rings is 1. The Bertz CT molecular complexity index is 316. The summed E-state index contributed by atoms with van der Waals surface area (Å²) in [4.78, 5) is 0. The summed E-state index contributed by atoms with van der Waals surface area (Å²) in [6, 6.07) is 11.7. The van der Waals surface area contributed by atoms with Gasteiger partial charge in [-0.3, -0.25) is 0 Å². The fourth-order valence-corrected chi connectivity index (χ4v) is 3.28. The molecule has 17 heavy (non-hydrogen) atoms. The van der Waals surface area contributed by atoms with E-state index in [0.717, 1.165) is 17.9 Å². The minimum Gasteiger partial charge on any atom is -0.313 e. The van der Waals surface area contributed by atoms with Crippen molar-refractivity contribution in [2.75, 3.05) is 6.54 Å². The van der Waals surface area contributed by atoms with E-state index in [1.54, 1.807) is 0 Å². The lowest BCUT2D eigenvalue weighted by atomic mass is 9.83. The van der Waals surface area contributed by atoms with Crippen LogP contribution in [0.2, 0.25) is 0 Å². The molecule has 0 bridgehead atoms. The van der Waals surface area contributed by atoms with Gasteiger partial charge in [-0.15, -0.1) is 0 Å². The number of rotatable bonds is 5. The molecule has 1 N–H and O–H groups in total. The Morgan fingerprint density at radius 3 is 2.53 bits per heavy atom. The molecule has 1 saturated heterocycles. The highest BCUT2D eigenvalue weighted by atomic mass is 15.0. The van der Waals surface area contributed by atoms with Crippen LogP contribution in [0.5, 0.6) is 0 Å². The largest absolute Gasteiger partial charge is 0.313 e. The van der Waals surface area contributed by atoms with Crippen LogP contribution >= 0.6 is 0 Å². The van der Waals surface area contributed by atoms with Crippen LogP contribution in [0.4, 0.5) is 0 Å². The van der Waals surface area contributed by atoms with E-state index < -0.39 is 0 Å². The molecule has 0 amide bonds. The lowest BCUT2D eigenvalue weighted by molar-refractivity contribution is 0.298. The van der Waals surface area contributed by atoms with Gasteiger partial charge in [0.05, 0.1) is 0 Å². The molecule has 0 aliphatic carbocycles. The second-order valence-electron chi connectivity index (χ2n) is 5.29. The lowest BCUT2D eigenvalue weighted by Gasteiger charge is -2.27. The molecule has 0 spiro atoms. The van der Waals surface area contributed by atoms with Gasteiger partial charge in [-0.25, -0.2) is 0 Å². The third-order valence-corrected chi connectivity index (χ3v) is 4.30. The monoisotopic (exact) mass is 231 g/mol. The zero-order chi connectivity index (χ0) is 12.1. The van der Waals surface area contributed by atoms with Crippen molar-refractivity contribution in [3.05, 3.63) is 35.9 Å². The maximum atomic E-state index is 3.73. The Balaban J connectivity index is 2.00. The average Bonchev–Trinajstić information content (AvgIpc) is 2.81. The number of hydrogen-bond donors (Lipinski definition) is 1. The van der Waals surface area contributed by atoms with Gasteiger partial charge in [0.1, 0.15) is 0 Å². The molecular formula is C16H25N. The highest BCUT2D eigenvalue weighted by molar-refractivity contribution is 5.16. The Morgan fingerprint density at radius 1 is 1.18 bits per heavy atom. The molecule has 0 aromatic heterocycles. The fourth-order valence-electron chi connectivity index (χ4n) is 3.28. The van der Waals surface area contributed by atoms with E-state index in [2.05, 4.69) is 49.5 Å². The minimum atomic E-state index is 0.741. The Kier molecular flexibility index (Phi) is 4.61. The third kappa shape index (κ3) is 3.10. The van der Waals surface area contributed by atoms with E-state index in [4.69, 9.17) is 0 Å². The highest BCUT2D eigenvalue weighted by Crippen LogP contribution is 2.29. The molecule has 2 atom stereocenters. The summed E-state index contributed by atoms with van der Waals surface area (Å²) in [6.07, 6.45) is 5.20. The average molecular weight is 231 g/mol. The van der Waals surface area contributed by atoms with E-state index in [-0.39, 0.29) is 0 Å². The second-order valence-corrected chi connectivity index (χ2v) is 5.29. The Hall–Kier alpha value is -0.820.